The Bertz CT molecular complexity index is 503. The summed E-state index contributed by atoms with van der Waals surface area (Å²) in [5.74, 6) is -2.08. The highest BCUT2D eigenvalue weighted by molar-refractivity contribution is 7.80. The number of benzene rings is 1. The van der Waals surface area contributed by atoms with E-state index in [4.69, 9.17) is 0 Å². The molecule has 1 fully saturated rings. The molecule has 1 aliphatic heterocycles. The quantitative estimate of drug-likeness (QED) is 0.825. The van der Waals surface area contributed by atoms with Gasteiger partial charge in [0.1, 0.15) is 0 Å². The van der Waals surface area contributed by atoms with E-state index < -0.39 is 29.0 Å². The molecule has 0 radical (unpaired) electrons. The summed E-state index contributed by atoms with van der Waals surface area (Å²) >= 11 is 4.26. The third kappa shape index (κ3) is 2.78. The maximum Gasteiger partial charge on any atom is 0.416 e. The molecule has 1 unspecified atom stereocenters. The molecule has 2 rings (SSSR count). The van der Waals surface area contributed by atoms with E-state index in [0.717, 1.165) is 12.1 Å². The molecule has 0 amide bonds. The Hall–Kier alpha value is -1.21. The number of likely N-dealkylation sites (N-methyl/N-ethyl adjacent to an activating group) is 1. The number of alkyl halides is 3. The summed E-state index contributed by atoms with van der Waals surface area (Å²) in [6.45, 7) is 0.455. The Balaban J connectivity index is 2.29. The number of rotatable bonds is 2. The van der Waals surface area contributed by atoms with Gasteiger partial charge in [-0.2, -0.15) is 25.8 Å². The third-order valence-electron chi connectivity index (χ3n) is 3.64. The zero-order valence-corrected chi connectivity index (χ0v) is 11.5. The number of likely N-dealkylation sites (tertiary alicyclic amines) is 1. The molecular formula is C13H14F3NO2S. The summed E-state index contributed by atoms with van der Waals surface area (Å²) < 4.78 is 37.5. The molecule has 110 valence electrons. The van der Waals surface area contributed by atoms with E-state index in [1.54, 1.807) is 11.9 Å². The average molecular weight is 305 g/mol. The van der Waals surface area contributed by atoms with Crippen LogP contribution in [0.1, 0.15) is 17.0 Å². The SMILES string of the molecule is CN1C[C@H](c2ccc(C(F)(F)F)cc2)C(C(=O)O)[C@@H]1S. The van der Waals surface area contributed by atoms with Gasteiger partial charge in [0.15, 0.2) is 0 Å². The van der Waals surface area contributed by atoms with Gasteiger partial charge in [0.25, 0.3) is 0 Å². The predicted molar refractivity (Wildman–Crippen MR) is 70.7 cm³/mol. The third-order valence-corrected chi connectivity index (χ3v) is 4.36. The van der Waals surface area contributed by atoms with E-state index in [1.807, 2.05) is 0 Å². The molecule has 1 saturated heterocycles. The molecule has 3 nitrogen and oxygen atoms in total. The number of nitrogens with zero attached hydrogens (tertiary/aromatic N) is 1. The van der Waals surface area contributed by atoms with E-state index in [2.05, 4.69) is 12.6 Å². The molecule has 1 heterocycles. The van der Waals surface area contributed by atoms with Gasteiger partial charge in [0.2, 0.25) is 0 Å². The highest BCUT2D eigenvalue weighted by Crippen LogP contribution is 2.39. The van der Waals surface area contributed by atoms with E-state index in [9.17, 15) is 23.1 Å². The van der Waals surface area contributed by atoms with Crippen molar-refractivity contribution in [1.82, 2.24) is 4.90 Å². The molecule has 20 heavy (non-hydrogen) atoms. The van der Waals surface area contributed by atoms with Crippen LogP contribution in [0.3, 0.4) is 0 Å². The van der Waals surface area contributed by atoms with Crippen molar-refractivity contribution in [3.05, 3.63) is 35.4 Å². The molecule has 1 aromatic rings. The normalized spacial score (nSPS) is 27.8. The second-order valence-corrected chi connectivity index (χ2v) is 5.47. The first kappa shape index (κ1) is 15.2. The van der Waals surface area contributed by atoms with Crippen LogP contribution in [0.15, 0.2) is 24.3 Å². The molecular weight excluding hydrogens is 291 g/mol. The Kier molecular flexibility index (Phi) is 4.02. The average Bonchev–Trinajstić information content (AvgIpc) is 2.65. The highest BCUT2D eigenvalue weighted by atomic mass is 32.1. The van der Waals surface area contributed by atoms with Crippen molar-refractivity contribution >= 4 is 18.6 Å². The zero-order valence-electron chi connectivity index (χ0n) is 10.6. The minimum absolute atomic E-state index is 0.359. The van der Waals surface area contributed by atoms with Crippen LogP contribution in [0, 0.1) is 5.92 Å². The van der Waals surface area contributed by atoms with Crippen molar-refractivity contribution in [1.29, 1.82) is 0 Å². The molecule has 7 heteroatoms. The van der Waals surface area contributed by atoms with Gasteiger partial charge < -0.3 is 5.11 Å². The van der Waals surface area contributed by atoms with E-state index in [1.165, 1.54) is 12.1 Å². The van der Waals surface area contributed by atoms with Crippen LogP contribution in [0.5, 0.6) is 0 Å². The lowest BCUT2D eigenvalue weighted by Gasteiger charge is -2.18. The maximum absolute atomic E-state index is 12.5. The largest absolute Gasteiger partial charge is 0.481 e. The smallest absolute Gasteiger partial charge is 0.416 e. The van der Waals surface area contributed by atoms with Crippen LogP contribution in [0.2, 0.25) is 0 Å². The van der Waals surface area contributed by atoms with Gasteiger partial charge in [-0.3, -0.25) is 9.69 Å². The van der Waals surface area contributed by atoms with Crippen molar-refractivity contribution < 1.29 is 23.1 Å². The first-order chi connectivity index (χ1) is 9.21. The van der Waals surface area contributed by atoms with Gasteiger partial charge in [-0.05, 0) is 24.7 Å². The van der Waals surface area contributed by atoms with Crippen LogP contribution in [-0.2, 0) is 11.0 Å². The fourth-order valence-corrected chi connectivity index (χ4v) is 2.98. The summed E-state index contributed by atoms with van der Waals surface area (Å²) in [7, 11) is 1.75. The summed E-state index contributed by atoms with van der Waals surface area (Å²) in [4.78, 5) is 13.1. The standard InChI is InChI=1S/C13H14F3NO2S/c1-17-6-9(10(11(17)20)12(18)19)7-2-4-8(5-3-7)13(14,15)16/h2-5,9-11,20H,6H2,1H3,(H,18,19)/t9-,10?,11+/m1/s1. The van der Waals surface area contributed by atoms with E-state index in [-0.39, 0.29) is 5.92 Å². The number of carboxylic acid groups (broad SMARTS) is 1. The lowest BCUT2D eigenvalue weighted by atomic mass is 9.88. The minimum atomic E-state index is -4.39. The van der Waals surface area contributed by atoms with E-state index in [0.29, 0.717) is 12.1 Å². The lowest BCUT2D eigenvalue weighted by Crippen LogP contribution is -2.28. The molecule has 0 aliphatic carbocycles. The number of halogens is 3. The van der Waals surface area contributed by atoms with Gasteiger partial charge in [-0.15, -0.1) is 0 Å². The van der Waals surface area contributed by atoms with Crippen molar-refractivity contribution in [2.45, 2.75) is 17.5 Å². The molecule has 0 bridgehead atoms. The monoisotopic (exact) mass is 305 g/mol. The van der Waals surface area contributed by atoms with Crippen molar-refractivity contribution in [3.63, 3.8) is 0 Å². The topological polar surface area (TPSA) is 40.5 Å². The Morgan fingerprint density at radius 1 is 1.35 bits per heavy atom. The first-order valence-electron chi connectivity index (χ1n) is 6.00. The molecule has 3 atom stereocenters. The van der Waals surface area contributed by atoms with Gasteiger partial charge in [0.05, 0.1) is 16.9 Å². The highest BCUT2D eigenvalue weighted by Gasteiger charge is 2.43. The summed E-state index contributed by atoms with van der Waals surface area (Å²) in [5, 5.41) is 8.82. The first-order valence-corrected chi connectivity index (χ1v) is 6.51. The summed E-state index contributed by atoms with van der Waals surface area (Å²) in [5.41, 5.74) is -0.143. The summed E-state index contributed by atoms with van der Waals surface area (Å²) in [6, 6.07) is 4.67. The van der Waals surface area contributed by atoms with Crippen LogP contribution in [-0.4, -0.2) is 34.9 Å². The fourth-order valence-electron chi connectivity index (χ4n) is 2.55. The van der Waals surface area contributed by atoms with Gasteiger partial charge >= 0.3 is 12.1 Å². The maximum atomic E-state index is 12.5. The fraction of sp³-hybridized carbons (Fsp3) is 0.462. The van der Waals surface area contributed by atoms with Crippen molar-refractivity contribution in [2.24, 2.45) is 5.92 Å². The summed E-state index contributed by atoms with van der Waals surface area (Å²) in [6.07, 6.45) is -4.39. The number of aliphatic carboxylic acids is 1. The van der Waals surface area contributed by atoms with Crippen molar-refractivity contribution in [3.8, 4) is 0 Å². The van der Waals surface area contributed by atoms with E-state index >= 15 is 0 Å². The molecule has 1 aromatic carbocycles. The minimum Gasteiger partial charge on any atom is -0.481 e. The Morgan fingerprint density at radius 2 is 1.90 bits per heavy atom. The van der Waals surface area contributed by atoms with Crippen molar-refractivity contribution in [2.75, 3.05) is 13.6 Å². The Morgan fingerprint density at radius 3 is 2.35 bits per heavy atom. The number of carboxylic acids is 1. The second-order valence-electron chi connectivity index (χ2n) is 4.94. The van der Waals surface area contributed by atoms with Gasteiger partial charge in [0, 0.05) is 12.5 Å². The van der Waals surface area contributed by atoms with Crippen LogP contribution in [0.25, 0.3) is 0 Å². The lowest BCUT2D eigenvalue weighted by molar-refractivity contribution is -0.142. The number of hydrogen-bond donors (Lipinski definition) is 2. The van der Waals surface area contributed by atoms with Crippen LogP contribution >= 0.6 is 12.6 Å². The van der Waals surface area contributed by atoms with Crippen LogP contribution < -0.4 is 0 Å². The number of thiol groups is 1. The van der Waals surface area contributed by atoms with Gasteiger partial charge in [-0.25, -0.2) is 0 Å². The Labute approximate surface area is 119 Å². The second kappa shape index (κ2) is 5.29. The molecule has 1 N–H and O–H groups in total. The van der Waals surface area contributed by atoms with Gasteiger partial charge in [-0.1, -0.05) is 12.1 Å². The number of hydrogen-bond acceptors (Lipinski definition) is 3. The number of carbonyl (C=O) groups is 1. The van der Waals surface area contributed by atoms with Crippen LogP contribution in [0.4, 0.5) is 13.2 Å². The molecule has 0 spiro atoms. The molecule has 1 aliphatic rings. The zero-order chi connectivity index (χ0) is 15.1. The molecule has 0 aromatic heterocycles. The molecule has 0 saturated carbocycles. The predicted octanol–water partition coefficient (Wildman–Crippen LogP) is 2.69.